The first kappa shape index (κ1) is 12.4. The van der Waals surface area contributed by atoms with Gasteiger partial charge in [-0.25, -0.2) is 0 Å². The standard InChI is InChI=1S/C15H19NS2/c1-16-15(13-8-5-9-17-13)14-10-11-6-3-2-4-7-12(11)18-14/h5,8-10,15-16H,2-4,6-7H2,1H3. The van der Waals surface area contributed by atoms with E-state index >= 15 is 0 Å². The van der Waals surface area contributed by atoms with Gasteiger partial charge >= 0.3 is 0 Å². The van der Waals surface area contributed by atoms with Crippen LogP contribution < -0.4 is 5.32 Å². The van der Waals surface area contributed by atoms with E-state index in [4.69, 9.17) is 0 Å². The molecule has 0 bridgehead atoms. The average Bonchev–Trinajstić information content (AvgIpc) is 2.98. The van der Waals surface area contributed by atoms with E-state index in [0.29, 0.717) is 6.04 Å². The molecule has 1 N–H and O–H groups in total. The number of rotatable bonds is 3. The highest BCUT2D eigenvalue weighted by molar-refractivity contribution is 7.13. The van der Waals surface area contributed by atoms with E-state index in [-0.39, 0.29) is 0 Å². The van der Waals surface area contributed by atoms with Crippen molar-refractivity contribution in [2.45, 2.75) is 38.1 Å². The zero-order valence-corrected chi connectivity index (χ0v) is 12.4. The second-order valence-corrected chi connectivity index (χ2v) is 7.04. The van der Waals surface area contributed by atoms with Gasteiger partial charge in [-0.3, -0.25) is 0 Å². The number of fused-ring (bicyclic) bond motifs is 1. The quantitative estimate of drug-likeness (QED) is 0.821. The molecule has 0 aliphatic heterocycles. The van der Waals surface area contributed by atoms with Gasteiger partial charge in [-0.1, -0.05) is 12.5 Å². The van der Waals surface area contributed by atoms with Crippen LogP contribution in [0.1, 0.15) is 45.5 Å². The molecule has 1 aliphatic carbocycles. The first-order valence-electron chi connectivity index (χ1n) is 6.70. The molecule has 0 saturated carbocycles. The third-order valence-electron chi connectivity index (χ3n) is 3.67. The van der Waals surface area contributed by atoms with Crippen molar-refractivity contribution >= 4 is 22.7 Å². The summed E-state index contributed by atoms with van der Waals surface area (Å²) in [6.45, 7) is 0. The van der Waals surface area contributed by atoms with Crippen LogP contribution in [-0.2, 0) is 12.8 Å². The molecule has 0 saturated heterocycles. The summed E-state index contributed by atoms with van der Waals surface area (Å²) in [6.07, 6.45) is 6.72. The third-order valence-corrected chi connectivity index (χ3v) is 5.91. The van der Waals surface area contributed by atoms with Crippen LogP contribution in [-0.4, -0.2) is 7.05 Å². The number of aryl methyl sites for hydroxylation is 2. The van der Waals surface area contributed by atoms with Gasteiger partial charge < -0.3 is 5.32 Å². The number of hydrogen-bond acceptors (Lipinski definition) is 3. The Morgan fingerprint density at radius 2 is 2.06 bits per heavy atom. The Morgan fingerprint density at radius 3 is 2.83 bits per heavy atom. The highest BCUT2D eigenvalue weighted by Crippen LogP contribution is 2.35. The Balaban J connectivity index is 1.91. The molecule has 0 fully saturated rings. The molecule has 0 spiro atoms. The van der Waals surface area contributed by atoms with E-state index in [1.165, 1.54) is 41.9 Å². The van der Waals surface area contributed by atoms with Crippen molar-refractivity contribution in [1.82, 2.24) is 5.32 Å². The fourth-order valence-corrected chi connectivity index (χ4v) is 5.03. The Kier molecular flexibility index (Phi) is 3.83. The molecular weight excluding hydrogens is 258 g/mol. The molecule has 18 heavy (non-hydrogen) atoms. The summed E-state index contributed by atoms with van der Waals surface area (Å²) in [6, 6.07) is 7.22. The maximum atomic E-state index is 3.47. The largest absolute Gasteiger partial charge is 0.308 e. The van der Waals surface area contributed by atoms with Crippen LogP contribution >= 0.6 is 22.7 Å². The average molecular weight is 277 g/mol. The van der Waals surface area contributed by atoms with E-state index in [1.807, 2.05) is 22.7 Å². The monoisotopic (exact) mass is 277 g/mol. The van der Waals surface area contributed by atoms with E-state index in [0.717, 1.165) is 0 Å². The van der Waals surface area contributed by atoms with Gasteiger partial charge in [-0.15, -0.1) is 22.7 Å². The smallest absolute Gasteiger partial charge is 0.0762 e. The van der Waals surface area contributed by atoms with Gasteiger partial charge in [0.05, 0.1) is 6.04 Å². The number of hydrogen-bond donors (Lipinski definition) is 1. The Morgan fingerprint density at radius 1 is 1.17 bits per heavy atom. The van der Waals surface area contributed by atoms with Crippen molar-refractivity contribution in [2.24, 2.45) is 0 Å². The Hall–Kier alpha value is -0.640. The lowest BCUT2D eigenvalue weighted by molar-refractivity contribution is 0.705. The summed E-state index contributed by atoms with van der Waals surface area (Å²) >= 11 is 3.87. The van der Waals surface area contributed by atoms with Crippen molar-refractivity contribution in [3.05, 3.63) is 43.8 Å². The normalized spacial score (nSPS) is 17.2. The highest BCUT2D eigenvalue weighted by atomic mass is 32.1. The second-order valence-electron chi connectivity index (χ2n) is 4.89. The van der Waals surface area contributed by atoms with Gasteiger partial charge in [-0.05, 0) is 55.8 Å². The molecule has 1 atom stereocenters. The van der Waals surface area contributed by atoms with Crippen LogP contribution in [0, 0.1) is 0 Å². The van der Waals surface area contributed by atoms with Crippen LogP contribution in [0.4, 0.5) is 0 Å². The first-order chi connectivity index (χ1) is 8.88. The van der Waals surface area contributed by atoms with Crippen LogP contribution in [0.5, 0.6) is 0 Å². The maximum absolute atomic E-state index is 3.47. The van der Waals surface area contributed by atoms with Gasteiger partial charge in [0.15, 0.2) is 0 Å². The molecule has 2 aromatic rings. The molecule has 1 unspecified atom stereocenters. The SMILES string of the molecule is CNC(c1cccs1)c1cc2c(s1)CCCCC2. The molecule has 2 heterocycles. The number of nitrogens with one attached hydrogen (secondary N) is 1. The maximum Gasteiger partial charge on any atom is 0.0762 e. The topological polar surface area (TPSA) is 12.0 Å². The molecule has 3 heteroatoms. The lowest BCUT2D eigenvalue weighted by atomic mass is 10.1. The molecular formula is C15H19NS2. The molecule has 2 aromatic heterocycles. The minimum absolute atomic E-state index is 0.391. The summed E-state index contributed by atoms with van der Waals surface area (Å²) < 4.78 is 0. The third kappa shape index (κ3) is 2.40. The Bertz CT molecular complexity index is 475. The zero-order valence-electron chi connectivity index (χ0n) is 10.7. The van der Waals surface area contributed by atoms with Crippen molar-refractivity contribution in [3.63, 3.8) is 0 Å². The summed E-state index contributed by atoms with van der Waals surface area (Å²) in [5.41, 5.74) is 1.62. The molecule has 96 valence electrons. The zero-order chi connectivity index (χ0) is 12.4. The summed E-state index contributed by atoms with van der Waals surface area (Å²) in [5.74, 6) is 0. The minimum Gasteiger partial charge on any atom is -0.308 e. The first-order valence-corrected chi connectivity index (χ1v) is 8.40. The van der Waals surface area contributed by atoms with Gasteiger partial charge in [-0.2, -0.15) is 0 Å². The fraction of sp³-hybridized carbons (Fsp3) is 0.467. The summed E-state index contributed by atoms with van der Waals surface area (Å²) in [4.78, 5) is 4.56. The van der Waals surface area contributed by atoms with Crippen LogP contribution in [0.15, 0.2) is 23.6 Å². The van der Waals surface area contributed by atoms with Crippen LogP contribution in [0.2, 0.25) is 0 Å². The summed E-state index contributed by atoms with van der Waals surface area (Å²) in [7, 11) is 2.06. The Labute approximate surface area is 117 Å². The predicted octanol–water partition coefficient (Wildman–Crippen LogP) is 4.39. The molecule has 0 aromatic carbocycles. The van der Waals surface area contributed by atoms with Crippen molar-refractivity contribution < 1.29 is 0 Å². The molecule has 3 rings (SSSR count). The summed E-state index contributed by atoms with van der Waals surface area (Å²) in [5, 5.41) is 5.63. The van der Waals surface area contributed by atoms with E-state index in [1.54, 1.807) is 10.4 Å². The van der Waals surface area contributed by atoms with Gasteiger partial charge in [0.1, 0.15) is 0 Å². The molecule has 1 aliphatic rings. The van der Waals surface area contributed by atoms with Gasteiger partial charge in [0, 0.05) is 14.6 Å². The number of thiophene rings is 2. The second kappa shape index (κ2) is 5.55. The predicted molar refractivity (Wildman–Crippen MR) is 80.8 cm³/mol. The van der Waals surface area contributed by atoms with Crippen molar-refractivity contribution in [1.29, 1.82) is 0 Å². The van der Waals surface area contributed by atoms with Crippen molar-refractivity contribution in [3.8, 4) is 0 Å². The highest BCUT2D eigenvalue weighted by Gasteiger charge is 2.19. The van der Waals surface area contributed by atoms with Crippen LogP contribution in [0.25, 0.3) is 0 Å². The van der Waals surface area contributed by atoms with Gasteiger partial charge in [0.25, 0.3) is 0 Å². The van der Waals surface area contributed by atoms with Crippen molar-refractivity contribution in [2.75, 3.05) is 7.05 Å². The minimum atomic E-state index is 0.391. The fourth-order valence-electron chi connectivity index (χ4n) is 2.71. The van der Waals surface area contributed by atoms with Crippen LogP contribution in [0.3, 0.4) is 0 Å². The van der Waals surface area contributed by atoms with E-state index in [9.17, 15) is 0 Å². The van der Waals surface area contributed by atoms with E-state index < -0.39 is 0 Å². The lowest BCUT2D eigenvalue weighted by Gasteiger charge is -2.12. The van der Waals surface area contributed by atoms with E-state index in [2.05, 4.69) is 35.9 Å². The molecule has 0 radical (unpaired) electrons. The van der Waals surface area contributed by atoms with Gasteiger partial charge in [0.2, 0.25) is 0 Å². The molecule has 1 nitrogen and oxygen atoms in total. The molecule has 0 amide bonds. The lowest BCUT2D eigenvalue weighted by Crippen LogP contribution is -2.15.